The SMILES string of the molecule is Cln1nnnc1-c1nn[nH]n1. The molecule has 8 nitrogen and oxygen atoms in total. The fraction of sp³-hybridized carbons (Fsp3) is 0. The van der Waals surface area contributed by atoms with E-state index in [1.165, 1.54) is 0 Å². The second-order valence-electron chi connectivity index (χ2n) is 1.60. The predicted molar refractivity (Wildman–Crippen MR) is 32.2 cm³/mol. The lowest BCUT2D eigenvalue weighted by molar-refractivity contribution is 0.846. The van der Waals surface area contributed by atoms with Gasteiger partial charge in [-0.15, -0.1) is 19.5 Å². The zero-order valence-corrected chi connectivity index (χ0v) is 5.76. The second-order valence-corrected chi connectivity index (χ2v) is 1.92. The van der Waals surface area contributed by atoms with Crippen LogP contribution in [-0.2, 0) is 0 Å². The van der Waals surface area contributed by atoms with Crippen molar-refractivity contribution in [1.29, 1.82) is 0 Å². The predicted octanol–water partition coefficient (Wildman–Crippen LogP) is -1.14. The van der Waals surface area contributed by atoms with E-state index in [0.717, 1.165) is 4.20 Å². The summed E-state index contributed by atoms with van der Waals surface area (Å²) in [7, 11) is 0. The van der Waals surface area contributed by atoms with Crippen LogP contribution < -0.4 is 0 Å². The maximum atomic E-state index is 5.49. The summed E-state index contributed by atoms with van der Waals surface area (Å²) in [6.07, 6.45) is 0. The lowest BCUT2D eigenvalue weighted by atomic mass is 10.6. The Morgan fingerprint density at radius 1 is 1.36 bits per heavy atom. The van der Waals surface area contributed by atoms with Gasteiger partial charge in [-0.25, -0.2) is 0 Å². The fourth-order valence-corrected chi connectivity index (χ4v) is 0.700. The van der Waals surface area contributed by atoms with Gasteiger partial charge < -0.3 is 0 Å². The normalized spacial score (nSPS) is 10.3. The molecule has 0 saturated carbocycles. The van der Waals surface area contributed by atoms with Gasteiger partial charge in [0.15, 0.2) is 0 Å². The Balaban J connectivity index is 2.53. The molecule has 1 N–H and O–H groups in total. The summed E-state index contributed by atoms with van der Waals surface area (Å²) < 4.78 is 0.935. The minimum Gasteiger partial charge on any atom is -0.177 e. The van der Waals surface area contributed by atoms with E-state index in [9.17, 15) is 0 Å². The van der Waals surface area contributed by atoms with Gasteiger partial charge in [-0.3, -0.25) is 0 Å². The molecule has 0 bridgehead atoms. The van der Waals surface area contributed by atoms with Crippen LogP contribution in [0, 0.1) is 0 Å². The van der Waals surface area contributed by atoms with E-state index in [-0.39, 0.29) is 11.6 Å². The fourth-order valence-electron chi connectivity index (χ4n) is 0.561. The number of aromatic nitrogens is 8. The molecule has 0 aliphatic carbocycles. The number of nitrogens with one attached hydrogen (secondary N) is 1. The lowest BCUT2D eigenvalue weighted by Gasteiger charge is -1.83. The summed E-state index contributed by atoms with van der Waals surface area (Å²) in [5.41, 5.74) is 0. The van der Waals surface area contributed by atoms with Crippen LogP contribution >= 0.6 is 11.8 Å². The van der Waals surface area contributed by atoms with E-state index >= 15 is 0 Å². The van der Waals surface area contributed by atoms with Gasteiger partial charge >= 0.3 is 0 Å². The van der Waals surface area contributed by atoms with Gasteiger partial charge in [-0.05, 0) is 15.6 Å². The van der Waals surface area contributed by atoms with Crippen molar-refractivity contribution in [3.05, 3.63) is 0 Å². The Bertz CT molecular complexity index is 335. The van der Waals surface area contributed by atoms with E-state index in [1.807, 2.05) is 0 Å². The monoisotopic (exact) mass is 172 g/mol. The summed E-state index contributed by atoms with van der Waals surface area (Å²) in [5.74, 6) is 0.505. The second kappa shape index (κ2) is 2.23. The molecule has 0 saturated heterocycles. The van der Waals surface area contributed by atoms with Crippen LogP contribution in [0.3, 0.4) is 0 Å². The quantitative estimate of drug-likeness (QED) is 0.584. The molecule has 0 fully saturated rings. The van der Waals surface area contributed by atoms with Crippen molar-refractivity contribution >= 4 is 11.8 Å². The Hall–Kier alpha value is -1.57. The highest BCUT2D eigenvalue weighted by Crippen LogP contribution is 2.06. The number of aromatic amines is 1. The molecule has 0 aromatic carbocycles. The smallest absolute Gasteiger partial charge is 0.177 e. The third-order valence-electron chi connectivity index (χ3n) is 0.978. The Kier molecular flexibility index (Phi) is 1.25. The summed E-state index contributed by atoms with van der Waals surface area (Å²) in [6.45, 7) is 0. The molecule has 0 radical (unpaired) electrons. The molecule has 0 aliphatic heterocycles. The topological polar surface area (TPSA) is 98.1 Å². The van der Waals surface area contributed by atoms with E-state index < -0.39 is 0 Å². The maximum Gasteiger partial charge on any atom is 0.244 e. The van der Waals surface area contributed by atoms with Crippen molar-refractivity contribution < 1.29 is 0 Å². The molecular weight excluding hydrogens is 172 g/mol. The van der Waals surface area contributed by atoms with Crippen molar-refractivity contribution in [2.75, 3.05) is 0 Å². The van der Waals surface area contributed by atoms with E-state index in [0.29, 0.717) is 0 Å². The molecule has 0 aliphatic rings. The molecule has 0 unspecified atom stereocenters. The first-order valence-electron chi connectivity index (χ1n) is 2.56. The largest absolute Gasteiger partial charge is 0.244 e. The zero-order chi connectivity index (χ0) is 7.68. The number of halogens is 1. The Morgan fingerprint density at radius 2 is 2.27 bits per heavy atom. The van der Waals surface area contributed by atoms with Gasteiger partial charge in [-0.2, -0.15) is 5.21 Å². The highest BCUT2D eigenvalue weighted by Gasteiger charge is 2.10. The van der Waals surface area contributed by atoms with Crippen molar-refractivity contribution in [3.63, 3.8) is 0 Å². The van der Waals surface area contributed by atoms with Gasteiger partial charge in [0.25, 0.3) is 0 Å². The average Bonchev–Trinajstić information content (AvgIpc) is 2.55. The summed E-state index contributed by atoms with van der Waals surface area (Å²) in [6, 6.07) is 0. The average molecular weight is 173 g/mol. The third kappa shape index (κ3) is 0.923. The molecule has 2 heterocycles. The molecular formula is C2HClN8. The van der Waals surface area contributed by atoms with Crippen molar-refractivity contribution in [1.82, 2.24) is 40.4 Å². The Labute approximate surface area is 64.7 Å². The van der Waals surface area contributed by atoms with Crippen LogP contribution in [0.2, 0.25) is 0 Å². The van der Waals surface area contributed by atoms with E-state index in [1.54, 1.807) is 0 Å². The molecule has 9 heteroatoms. The van der Waals surface area contributed by atoms with Crippen molar-refractivity contribution in [2.45, 2.75) is 0 Å². The minimum atomic E-state index is 0.250. The molecule has 0 atom stereocenters. The molecule has 11 heavy (non-hydrogen) atoms. The molecule has 2 rings (SSSR count). The number of rotatable bonds is 1. The zero-order valence-electron chi connectivity index (χ0n) is 5.01. The van der Waals surface area contributed by atoms with Crippen molar-refractivity contribution in [3.8, 4) is 11.6 Å². The minimum absolute atomic E-state index is 0.250. The molecule has 2 aromatic heterocycles. The van der Waals surface area contributed by atoms with Crippen LogP contribution in [0.4, 0.5) is 0 Å². The molecule has 0 amide bonds. The number of H-pyrrole nitrogens is 1. The van der Waals surface area contributed by atoms with Gasteiger partial charge in [0.2, 0.25) is 11.6 Å². The first-order chi connectivity index (χ1) is 5.38. The number of hydrogen-bond donors (Lipinski definition) is 1. The highest BCUT2D eigenvalue weighted by atomic mass is 35.5. The van der Waals surface area contributed by atoms with Crippen LogP contribution in [0.25, 0.3) is 11.6 Å². The Morgan fingerprint density at radius 3 is 2.82 bits per heavy atom. The number of nitrogens with zero attached hydrogens (tertiary/aromatic N) is 7. The summed E-state index contributed by atoms with van der Waals surface area (Å²) >= 11 is 5.49. The third-order valence-corrected chi connectivity index (χ3v) is 1.21. The summed E-state index contributed by atoms with van der Waals surface area (Å²) in [4.78, 5) is 0. The highest BCUT2D eigenvalue weighted by molar-refractivity contribution is 6.15. The lowest BCUT2D eigenvalue weighted by Crippen LogP contribution is -1.90. The number of hydrogen-bond acceptors (Lipinski definition) is 6. The van der Waals surface area contributed by atoms with Gasteiger partial charge in [0.1, 0.15) is 0 Å². The van der Waals surface area contributed by atoms with Crippen molar-refractivity contribution in [2.24, 2.45) is 0 Å². The van der Waals surface area contributed by atoms with Gasteiger partial charge in [0.05, 0.1) is 0 Å². The van der Waals surface area contributed by atoms with E-state index in [2.05, 4.69) is 36.1 Å². The number of tetrazole rings is 2. The van der Waals surface area contributed by atoms with Crippen LogP contribution in [0.15, 0.2) is 0 Å². The maximum absolute atomic E-state index is 5.49. The van der Waals surface area contributed by atoms with E-state index in [4.69, 9.17) is 11.8 Å². The molecule has 0 spiro atoms. The van der Waals surface area contributed by atoms with Crippen LogP contribution in [0.1, 0.15) is 0 Å². The standard InChI is InChI=1S/C2HClN8/c3-11-2(6-9-10-11)1-4-7-8-5-1/h(H,4,5,7,8). The van der Waals surface area contributed by atoms with Gasteiger partial charge in [0, 0.05) is 11.8 Å². The molecule has 2 aromatic rings. The van der Waals surface area contributed by atoms with Crippen LogP contribution in [-0.4, -0.2) is 40.4 Å². The summed E-state index contributed by atoms with van der Waals surface area (Å²) in [5, 5.41) is 23.0. The first kappa shape index (κ1) is 6.16. The van der Waals surface area contributed by atoms with Gasteiger partial charge in [-0.1, -0.05) is 0 Å². The first-order valence-corrected chi connectivity index (χ1v) is 2.90. The van der Waals surface area contributed by atoms with Crippen LogP contribution in [0.5, 0.6) is 0 Å². The molecule has 56 valence electrons.